The molecule has 7 heteroatoms. The second-order valence-electron chi connectivity index (χ2n) is 7.29. The number of benzene rings is 3. The number of carbonyl (C=O) groups is 1. The first-order valence-corrected chi connectivity index (χ1v) is 10.5. The van der Waals surface area contributed by atoms with E-state index in [1.54, 1.807) is 20.4 Å². The quantitative estimate of drug-likeness (QED) is 0.399. The number of amides is 1. The van der Waals surface area contributed by atoms with Crippen molar-refractivity contribution in [2.75, 3.05) is 20.8 Å². The number of nitrogens with one attached hydrogen (secondary N) is 2. The second kappa shape index (κ2) is 10.4. The van der Waals surface area contributed by atoms with Gasteiger partial charge in [-0.1, -0.05) is 36.4 Å². The van der Waals surface area contributed by atoms with E-state index in [0.29, 0.717) is 12.3 Å². The fourth-order valence-corrected chi connectivity index (χ4v) is 3.38. The topological polar surface area (TPSA) is 85.5 Å². The minimum atomic E-state index is -0.185. The van der Waals surface area contributed by atoms with E-state index in [1.165, 1.54) is 0 Å². The maximum atomic E-state index is 12.1. The van der Waals surface area contributed by atoms with Gasteiger partial charge in [0, 0.05) is 17.7 Å². The number of hydrogen-bond donors (Lipinski definition) is 2. The van der Waals surface area contributed by atoms with E-state index in [2.05, 4.69) is 15.3 Å². The lowest BCUT2D eigenvalue weighted by Crippen LogP contribution is -2.28. The van der Waals surface area contributed by atoms with Gasteiger partial charge >= 0.3 is 0 Å². The number of aromatic amines is 1. The molecule has 2 N–H and O–H groups in total. The molecule has 33 heavy (non-hydrogen) atoms. The van der Waals surface area contributed by atoms with Gasteiger partial charge in [-0.2, -0.15) is 0 Å². The molecule has 1 aromatic heterocycles. The van der Waals surface area contributed by atoms with E-state index in [1.807, 2.05) is 72.8 Å². The standard InChI is InChI=1S/C26H25N3O4/c1-31-21-11-12-24(32-2)22(14-21)23-16-28-26(29-23)19-8-6-7-18(13-19)15-27-25(30)17-33-20-9-4-3-5-10-20/h3-14,16H,15,17H2,1-2H3,(H,27,30)(H,28,29). The van der Waals surface area contributed by atoms with Crippen molar-refractivity contribution in [1.82, 2.24) is 15.3 Å². The Balaban J connectivity index is 1.42. The summed E-state index contributed by atoms with van der Waals surface area (Å²) in [4.78, 5) is 20.0. The van der Waals surface area contributed by atoms with Gasteiger partial charge in [-0.05, 0) is 42.0 Å². The van der Waals surface area contributed by atoms with Crippen LogP contribution in [0.1, 0.15) is 5.56 Å². The first kappa shape index (κ1) is 22.0. The average molecular weight is 444 g/mol. The Hall–Kier alpha value is -4.26. The van der Waals surface area contributed by atoms with Crippen LogP contribution in [0, 0.1) is 0 Å². The van der Waals surface area contributed by atoms with Crippen molar-refractivity contribution in [3.63, 3.8) is 0 Å². The lowest BCUT2D eigenvalue weighted by Gasteiger charge is -2.09. The predicted octanol–water partition coefficient (Wildman–Crippen LogP) is 4.46. The van der Waals surface area contributed by atoms with E-state index < -0.39 is 0 Å². The van der Waals surface area contributed by atoms with Crippen LogP contribution < -0.4 is 19.5 Å². The molecule has 7 nitrogen and oxygen atoms in total. The van der Waals surface area contributed by atoms with Gasteiger partial charge in [0.25, 0.3) is 5.91 Å². The molecule has 0 atom stereocenters. The minimum absolute atomic E-state index is 0.0341. The van der Waals surface area contributed by atoms with Gasteiger partial charge in [-0.15, -0.1) is 0 Å². The smallest absolute Gasteiger partial charge is 0.258 e. The van der Waals surface area contributed by atoms with Gasteiger partial charge in [0.1, 0.15) is 23.1 Å². The van der Waals surface area contributed by atoms with Crippen LogP contribution in [0.4, 0.5) is 0 Å². The third-order valence-electron chi connectivity index (χ3n) is 5.08. The zero-order chi connectivity index (χ0) is 23.0. The van der Waals surface area contributed by atoms with Crippen molar-refractivity contribution in [2.24, 2.45) is 0 Å². The Labute approximate surface area is 192 Å². The van der Waals surface area contributed by atoms with Crippen LogP contribution in [0.5, 0.6) is 17.2 Å². The van der Waals surface area contributed by atoms with Crippen molar-refractivity contribution in [3.8, 4) is 39.9 Å². The van der Waals surface area contributed by atoms with Crippen molar-refractivity contribution < 1.29 is 19.0 Å². The maximum Gasteiger partial charge on any atom is 0.258 e. The molecule has 0 aliphatic heterocycles. The molecule has 1 heterocycles. The largest absolute Gasteiger partial charge is 0.497 e. The fraction of sp³-hybridized carbons (Fsp3) is 0.154. The molecule has 0 radical (unpaired) electrons. The summed E-state index contributed by atoms with van der Waals surface area (Å²) >= 11 is 0. The Kier molecular flexibility index (Phi) is 6.90. The second-order valence-corrected chi connectivity index (χ2v) is 7.29. The highest BCUT2D eigenvalue weighted by Gasteiger charge is 2.12. The number of hydrogen-bond acceptors (Lipinski definition) is 5. The van der Waals surface area contributed by atoms with E-state index in [-0.39, 0.29) is 12.5 Å². The van der Waals surface area contributed by atoms with Crippen molar-refractivity contribution >= 4 is 5.91 Å². The third kappa shape index (κ3) is 5.51. The van der Waals surface area contributed by atoms with Gasteiger partial charge < -0.3 is 24.5 Å². The Morgan fingerprint density at radius 2 is 1.79 bits per heavy atom. The molecule has 0 unspecified atom stereocenters. The SMILES string of the molecule is COc1ccc(OC)c(-c2cnc(-c3cccc(CNC(=O)COc4ccccc4)c3)[nH]2)c1. The number of aromatic nitrogens is 2. The van der Waals surface area contributed by atoms with Crippen molar-refractivity contribution in [3.05, 3.63) is 84.6 Å². The maximum absolute atomic E-state index is 12.1. The van der Waals surface area contributed by atoms with Gasteiger partial charge in [0.05, 0.1) is 26.1 Å². The van der Waals surface area contributed by atoms with E-state index in [9.17, 15) is 4.79 Å². The number of rotatable bonds is 9. The van der Waals surface area contributed by atoms with Gasteiger partial charge in [0.2, 0.25) is 0 Å². The highest BCUT2D eigenvalue weighted by molar-refractivity contribution is 5.77. The van der Waals surface area contributed by atoms with Crippen LogP contribution in [-0.4, -0.2) is 36.7 Å². The number of nitrogens with zero attached hydrogens (tertiary/aromatic N) is 1. The van der Waals surface area contributed by atoms with Crippen LogP contribution in [0.25, 0.3) is 22.6 Å². The van der Waals surface area contributed by atoms with Gasteiger partial charge in [0.15, 0.2) is 6.61 Å². The lowest BCUT2D eigenvalue weighted by molar-refractivity contribution is -0.123. The Morgan fingerprint density at radius 3 is 2.58 bits per heavy atom. The molecule has 1 amide bonds. The van der Waals surface area contributed by atoms with Gasteiger partial charge in [-0.25, -0.2) is 4.98 Å². The summed E-state index contributed by atoms with van der Waals surface area (Å²) in [7, 11) is 3.26. The van der Waals surface area contributed by atoms with E-state index in [4.69, 9.17) is 14.2 Å². The highest BCUT2D eigenvalue weighted by atomic mass is 16.5. The molecular weight excluding hydrogens is 418 g/mol. The Bertz CT molecular complexity index is 1220. The molecular formula is C26H25N3O4. The number of carbonyl (C=O) groups excluding carboxylic acids is 1. The first-order chi connectivity index (χ1) is 16.2. The fourth-order valence-electron chi connectivity index (χ4n) is 3.38. The first-order valence-electron chi connectivity index (χ1n) is 10.5. The molecule has 0 saturated heterocycles. The molecule has 4 rings (SSSR count). The number of imidazole rings is 1. The molecule has 168 valence electrons. The van der Waals surface area contributed by atoms with Crippen LogP contribution >= 0.6 is 0 Å². The van der Waals surface area contributed by atoms with Crippen LogP contribution in [0.15, 0.2) is 79.0 Å². The highest BCUT2D eigenvalue weighted by Crippen LogP contribution is 2.33. The van der Waals surface area contributed by atoms with Crippen molar-refractivity contribution in [2.45, 2.75) is 6.54 Å². The summed E-state index contributed by atoms with van der Waals surface area (Å²) in [5.74, 6) is 2.65. The van der Waals surface area contributed by atoms with E-state index in [0.717, 1.165) is 39.7 Å². The number of para-hydroxylation sites is 1. The zero-order valence-electron chi connectivity index (χ0n) is 18.5. The molecule has 0 aliphatic rings. The number of methoxy groups -OCH3 is 2. The predicted molar refractivity (Wildman–Crippen MR) is 126 cm³/mol. The minimum Gasteiger partial charge on any atom is -0.497 e. The zero-order valence-corrected chi connectivity index (χ0v) is 18.5. The normalized spacial score (nSPS) is 10.5. The lowest BCUT2D eigenvalue weighted by atomic mass is 10.1. The Morgan fingerprint density at radius 1 is 0.939 bits per heavy atom. The summed E-state index contributed by atoms with van der Waals surface area (Å²) in [5, 5.41) is 2.88. The van der Waals surface area contributed by atoms with Gasteiger partial charge in [-0.3, -0.25) is 4.79 Å². The molecule has 0 fully saturated rings. The van der Waals surface area contributed by atoms with Crippen molar-refractivity contribution in [1.29, 1.82) is 0 Å². The summed E-state index contributed by atoms with van der Waals surface area (Å²) < 4.78 is 16.3. The number of ether oxygens (including phenoxy) is 3. The number of H-pyrrole nitrogens is 1. The average Bonchev–Trinajstić information content (AvgIpc) is 3.37. The molecule has 0 saturated carbocycles. The molecule has 0 bridgehead atoms. The summed E-state index contributed by atoms with van der Waals surface area (Å²) in [6.07, 6.45) is 1.77. The molecule has 0 aliphatic carbocycles. The summed E-state index contributed by atoms with van der Waals surface area (Å²) in [6, 6.07) is 22.7. The molecule has 0 spiro atoms. The monoisotopic (exact) mass is 443 g/mol. The summed E-state index contributed by atoms with van der Waals surface area (Å²) in [5.41, 5.74) is 3.54. The van der Waals surface area contributed by atoms with E-state index >= 15 is 0 Å². The third-order valence-corrected chi connectivity index (χ3v) is 5.08. The van der Waals surface area contributed by atoms with Crippen LogP contribution in [0.2, 0.25) is 0 Å². The van der Waals surface area contributed by atoms with Crippen LogP contribution in [-0.2, 0) is 11.3 Å². The summed E-state index contributed by atoms with van der Waals surface area (Å²) in [6.45, 7) is 0.357. The molecule has 4 aromatic rings. The molecule has 3 aromatic carbocycles. The van der Waals surface area contributed by atoms with Crippen LogP contribution in [0.3, 0.4) is 0 Å².